The lowest BCUT2D eigenvalue weighted by Gasteiger charge is -2.39. The lowest BCUT2D eigenvalue weighted by molar-refractivity contribution is 0.212. The summed E-state index contributed by atoms with van der Waals surface area (Å²) in [5, 5.41) is 0. The van der Waals surface area contributed by atoms with Gasteiger partial charge in [-0.15, -0.1) is 0 Å². The number of halogens is 1. The fourth-order valence-corrected chi connectivity index (χ4v) is 2.17. The summed E-state index contributed by atoms with van der Waals surface area (Å²) in [5.41, 5.74) is 5.50. The minimum Gasteiger partial charge on any atom is -0.368 e. The van der Waals surface area contributed by atoms with Gasteiger partial charge >= 0.3 is 0 Å². The molecule has 1 fully saturated rings. The topological polar surface area (TPSA) is 58.3 Å². The van der Waals surface area contributed by atoms with Crippen LogP contribution in [0.5, 0.6) is 0 Å². The van der Waals surface area contributed by atoms with Gasteiger partial charge in [0.05, 0.1) is 6.20 Å². The molecule has 0 bridgehead atoms. The Morgan fingerprint density at radius 2 is 2.29 bits per heavy atom. The summed E-state index contributed by atoms with van der Waals surface area (Å²) in [5.74, 6) is 0.0380. The first-order valence-corrected chi connectivity index (χ1v) is 5.85. The second kappa shape index (κ2) is 4.83. The van der Waals surface area contributed by atoms with Crippen LogP contribution in [0.4, 0.5) is 16.2 Å². The number of nitrogen functional groups attached to an aromatic ring is 1. The van der Waals surface area contributed by atoms with Gasteiger partial charge in [0.15, 0.2) is 11.6 Å². The summed E-state index contributed by atoms with van der Waals surface area (Å²) in [6, 6.07) is 0.430. The van der Waals surface area contributed by atoms with Crippen molar-refractivity contribution in [1.29, 1.82) is 0 Å². The maximum atomic E-state index is 13.6. The molecular formula is C11H18FN5. The SMILES string of the molecule is CCC1CN(c2nc(N)ncc2F)CCN1C. The van der Waals surface area contributed by atoms with Crippen molar-refractivity contribution in [3.05, 3.63) is 12.0 Å². The molecule has 2 rings (SSSR count). The van der Waals surface area contributed by atoms with E-state index in [2.05, 4.69) is 28.8 Å². The molecule has 0 radical (unpaired) electrons. The van der Waals surface area contributed by atoms with Crippen molar-refractivity contribution in [2.75, 3.05) is 37.3 Å². The molecule has 1 atom stereocenters. The van der Waals surface area contributed by atoms with Gasteiger partial charge in [0.25, 0.3) is 0 Å². The molecule has 1 aliphatic heterocycles. The van der Waals surface area contributed by atoms with E-state index < -0.39 is 5.82 Å². The first-order chi connectivity index (χ1) is 8.11. The van der Waals surface area contributed by atoms with E-state index in [1.54, 1.807) is 0 Å². The van der Waals surface area contributed by atoms with Crippen LogP contribution in [-0.2, 0) is 0 Å². The van der Waals surface area contributed by atoms with Gasteiger partial charge in [-0.25, -0.2) is 9.37 Å². The summed E-state index contributed by atoms with van der Waals surface area (Å²) >= 11 is 0. The molecule has 2 heterocycles. The Morgan fingerprint density at radius 3 is 3.00 bits per heavy atom. The van der Waals surface area contributed by atoms with Crippen LogP contribution < -0.4 is 10.6 Å². The van der Waals surface area contributed by atoms with E-state index in [0.717, 1.165) is 32.3 Å². The highest BCUT2D eigenvalue weighted by atomic mass is 19.1. The summed E-state index contributed by atoms with van der Waals surface area (Å²) in [6.07, 6.45) is 2.17. The number of nitrogens with zero attached hydrogens (tertiary/aromatic N) is 4. The van der Waals surface area contributed by atoms with Crippen LogP contribution in [0.1, 0.15) is 13.3 Å². The van der Waals surface area contributed by atoms with Crippen molar-refractivity contribution in [3.63, 3.8) is 0 Å². The van der Waals surface area contributed by atoms with Crippen molar-refractivity contribution < 1.29 is 4.39 Å². The largest absolute Gasteiger partial charge is 0.368 e. The number of anilines is 2. The average molecular weight is 239 g/mol. The fraction of sp³-hybridized carbons (Fsp3) is 0.636. The van der Waals surface area contributed by atoms with Crippen molar-refractivity contribution in [1.82, 2.24) is 14.9 Å². The smallest absolute Gasteiger partial charge is 0.222 e. The van der Waals surface area contributed by atoms with Crippen molar-refractivity contribution in [2.24, 2.45) is 0 Å². The van der Waals surface area contributed by atoms with Gasteiger partial charge in [-0.1, -0.05) is 6.92 Å². The molecule has 1 aromatic rings. The first-order valence-electron chi connectivity index (χ1n) is 5.85. The van der Waals surface area contributed by atoms with E-state index in [9.17, 15) is 4.39 Å². The van der Waals surface area contributed by atoms with E-state index in [1.165, 1.54) is 0 Å². The summed E-state index contributed by atoms with van der Waals surface area (Å²) in [7, 11) is 2.09. The number of rotatable bonds is 2. The van der Waals surface area contributed by atoms with Crippen LogP contribution in [0.15, 0.2) is 6.20 Å². The quantitative estimate of drug-likeness (QED) is 0.824. The third-order valence-electron chi connectivity index (χ3n) is 3.29. The summed E-state index contributed by atoms with van der Waals surface area (Å²) < 4.78 is 13.6. The van der Waals surface area contributed by atoms with Gasteiger partial charge in [0.2, 0.25) is 5.95 Å². The lowest BCUT2D eigenvalue weighted by atomic mass is 10.1. The highest BCUT2D eigenvalue weighted by molar-refractivity contribution is 5.43. The molecule has 0 saturated carbocycles. The molecule has 5 nitrogen and oxygen atoms in total. The predicted molar refractivity (Wildman–Crippen MR) is 65.3 cm³/mol. The van der Waals surface area contributed by atoms with E-state index in [-0.39, 0.29) is 5.95 Å². The van der Waals surface area contributed by atoms with E-state index in [0.29, 0.717) is 11.9 Å². The fourth-order valence-electron chi connectivity index (χ4n) is 2.17. The van der Waals surface area contributed by atoms with E-state index in [1.807, 2.05) is 4.90 Å². The van der Waals surface area contributed by atoms with Crippen LogP contribution in [0.25, 0.3) is 0 Å². The third-order valence-corrected chi connectivity index (χ3v) is 3.29. The maximum absolute atomic E-state index is 13.6. The van der Waals surface area contributed by atoms with Gasteiger partial charge < -0.3 is 10.6 Å². The molecule has 1 unspecified atom stereocenters. The van der Waals surface area contributed by atoms with Crippen LogP contribution in [0, 0.1) is 5.82 Å². The predicted octanol–water partition coefficient (Wildman–Crippen LogP) is 0.728. The Bertz CT molecular complexity index is 397. The lowest BCUT2D eigenvalue weighted by Crippen LogP contribution is -2.51. The molecule has 6 heteroatoms. The normalized spacial score (nSPS) is 21.8. The Labute approximate surface area is 100 Å². The first kappa shape index (κ1) is 12.0. The Kier molecular flexibility index (Phi) is 3.42. The van der Waals surface area contributed by atoms with Gasteiger partial charge in [-0.05, 0) is 13.5 Å². The number of aromatic nitrogens is 2. The van der Waals surface area contributed by atoms with Crippen molar-refractivity contribution in [3.8, 4) is 0 Å². The summed E-state index contributed by atoms with van der Waals surface area (Å²) in [6.45, 7) is 4.58. The molecule has 17 heavy (non-hydrogen) atoms. The van der Waals surface area contributed by atoms with Crippen LogP contribution in [0.3, 0.4) is 0 Å². The molecular weight excluding hydrogens is 221 g/mol. The van der Waals surface area contributed by atoms with Crippen molar-refractivity contribution >= 4 is 11.8 Å². The average Bonchev–Trinajstić information content (AvgIpc) is 2.33. The monoisotopic (exact) mass is 239 g/mol. The van der Waals surface area contributed by atoms with E-state index >= 15 is 0 Å². The van der Waals surface area contributed by atoms with E-state index in [4.69, 9.17) is 5.73 Å². The van der Waals surface area contributed by atoms with Crippen LogP contribution in [0.2, 0.25) is 0 Å². The number of likely N-dealkylation sites (N-methyl/N-ethyl adjacent to an activating group) is 1. The molecule has 1 aromatic heterocycles. The van der Waals surface area contributed by atoms with Crippen molar-refractivity contribution in [2.45, 2.75) is 19.4 Å². The van der Waals surface area contributed by atoms with Gasteiger partial charge in [0, 0.05) is 25.7 Å². The third kappa shape index (κ3) is 2.46. The molecule has 0 aliphatic carbocycles. The van der Waals surface area contributed by atoms with Gasteiger partial charge in [0.1, 0.15) is 0 Å². The molecule has 2 N–H and O–H groups in total. The zero-order chi connectivity index (χ0) is 12.4. The number of piperazine rings is 1. The molecule has 1 aliphatic rings. The number of hydrogen-bond donors (Lipinski definition) is 1. The second-order valence-electron chi connectivity index (χ2n) is 4.39. The molecule has 0 spiro atoms. The molecule has 0 amide bonds. The van der Waals surface area contributed by atoms with Crippen LogP contribution >= 0.6 is 0 Å². The Balaban J connectivity index is 2.20. The molecule has 94 valence electrons. The van der Waals surface area contributed by atoms with Crippen LogP contribution in [-0.4, -0.2) is 47.6 Å². The second-order valence-corrected chi connectivity index (χ2v) is 4.39. The number of nitrogens with two attached hydrogens (primary N) is 1. The minimum atomic E-state index is -0.404. The zero-order valence-electron chi connectivity index (χ0n) is 10.2. The number of hydrogen-bond acceptors (Lipinski definition) is 5. The van der Waals surface area contributed by atoms with Gasteiger partial charge in [-0.3, -0.25) is 4.90 Å². The highest BCUT2D eigenvalue weighted by Gasteiger charge is 2.25. The van der Waals surface area contributed by atoms with Gasteiger partial charge in [-0.2, -0.15) is 4.98 Å². The Hall–Kier alpha value is -1.43. The standard InChI is InChI=1S/C11H18FN5/c1-3-8-7-17(5-4-16(8)2)10-9(12)6-14-11(13)15-10/h6,8H,3-5,7H2,1-2H3,(H2,13,14,15). The highest BCUT2D eigenvalue weighted by Crippen LogP contribution is 2.20. The summed E-state index contributed by atoms with van der Waals surface area (Å²) in [4.78, 5) is 11.9. The maximum Gasteiger partial charge on any atom is 0.222 e. The zero-order valence-corrected chi connectivity index (χ0v) is 10.2. The molecule has 0 aromatic carbocycles. The minimum absolute atomic E-state index is 0.119. The molecule has 1 saturated heterocycles. The Morgan fingerprint density at radius 1 is 1.53 bits per heavy atom.